The molecule has 0 bridgehead atoms. The van der Waals surface area contributed by atoms with Gasteiger partial charge in [-0.05, 0) is 60.6 Å². The minimum Gasteiger partial charge on any atom is -0.394 e. The predicted octanol–water partition coefficient (Wildman–Crippen LogP) is 3.68. The van der Waals surface area contributed by atoms with Crippen molar-refractivity contribution in [3.05, 3.63) is 28.7 Å². The first kappa shape index (κ1) is 16.0. The second kappa shape index (κ2) is 8.20. The lowest BCUT2D eigenvalue weighted by atomic mass is 9.96. The van der Waals surface area contributed by atoms with Crippen molar-refractivity contribution < 1.29 is 5.11 Å². The topological polar surface area (TPSA) is 32.3 Å². The highest BCUT2D eigenvalue weighted by molar-refractivity contribution is 9.10. The van der Waals surface area contributed by atoms with Crippen molar-refractivity contribution in [1.82, 2.24) is 5.32 Å². The third-order valence-electron chi connectivity index (χ3n) is 3.17. The van der Waals surface area contributed by atoms with Gasteiger partial charge >= 0.3 is 0 Å². The second-order valence-corrected chi connectivity index (χ2v) is 6.70. The van der Waals surface area contributed by atoms with Gasteiger partial charge in [0.05, 0.1) is 6.61 Å². The van der Waals surface area contributed by atoms with E-state index in [1.54, 1.807) is 0 Å². The van der Waals surface area contributed by atoms with E-state index in [2.05, 4.69) is 46.4 Å². The van der Waals surface area contributed by atoms with Gasteiger partial charge in [0, 0.05) is 14.9 Å². The summed E-state index contributed by atoms with van der Waals surface area (Å²) in [6.07, 6.45) is 3.31. The van der Waals surface area contributed by atoms with Gasteiger partial charge in [-0.1, -0.05) is 18.6 Å². The molecule has 2 nitrogen and oxygen atoms in total. The van der Waals surface area contributed by atoms with Gasteiger partial charge in [0.2, 0.25) is 0 Å². The van der Waals surface area contributed by atoms with E-state index in [4.69, 9.17) is 0 Å². The molecule has 1 atom stereocenters. The van der Waals surface area contributed by atoms with Crippen LogP contribution < -0.4 is 5.32 Å². The molecule has 0 radical (unpaired) electrons. The molecule has 4 heteroatoms. The molecule has 18 heavy (non-hydrogen) atoms. The molecule has 0 heterocycles. The smallest absolute Gasteiger partial charge is 0.0610 e. The number of hydrogen-bond acceptors (Lipinski definition) is 3. The van der Waals surface area contributed by atoms with Crippen molar-refractivity contribution in [2.75, 3.05) is 19.4 Å². The number of aliphatic hydroxyl groups is 1. The van der Waals surface area contributed by atoms with E-state index in [0.717, 1.165) is 18.6 Å². The van der Waals surface area contributed by atoms with Gasteiger partial charge < -0.3 is 10.4 Å². The Morgan fingerprint density at radius 2 is 2.06 bits per heavy atom. The lowest BCUT2D eigenvalue weighted by molar-refractivity contribution is 0.171. The molecule has 0 aliphatic heterocycles. The number of thioether (sulfide) groups is 1. The van der Waals surface area contributed by atoms with Gasteiger partial charge in [0.1, 0.15) is 0 Å². The fourth-order valence-corrected chi connectivity index (χ4v) is 3.22. The molecule has 0 saturated heterocycles. The van der Waals surface area contributed by atoms with Crippen molar-refractivity contribution in [2.24, 2.45) is 0 Å². The van der Waals surface area contributed by atoms with Gasteiger partial charge in [0.25, 0.3) is 0 Å². The minimum absolute atomic E-state index is 0.127. The van der Waals surface area contributed by atoms with Gasteiger partial charge in [-0.2, -0.15) is 0 Å². The molecule has 0 aliphatic rings. The molecule has 1 unspecified atom stereocenters. The molecule has 0 aliphatic carbocycles. The van der Waals surface area contributed by atoms with Crippen LogP contribution in [-0.4, -0.2) is 30.1 Å². The molecule has 2 N–H and O–H groups in total. The first-order valence-electron chi connectivity index (χ1n) is 6.28. The van der Waals surface area contributed by atoms with Gasteiger partial charge in [-0.15, -0.1) is 11.8 Å². The lowest BCUT2D eigenvalue weighted by Crippen LogP contribution is -2.43. The summed E-state index contributed by atoms with van der Waals surface area (Å²) in [5, 5.41) is 12.5. The maximum Gasteiger partial charge on any atom is 0.0610 e. The molecule has 0 saturated carbocycles. The van der Waals surface area contributed by atoms with Crippen molar-refractivity contribution in [3.63, 3.8) is 0 Å². The van der Waals surface area contributed by atoms with Crippen LogP contribution in [0.15, 0.2) is 33.6 Å². The van der Waals surface area contributed by atoms with Crippen LogP contribution in [-0.2, 0) is 0 Å². The summed E-state index contributed by atoms with van der Waals surface area (Å²) in [7, 11) is 1.91. The monoisotopic (exact) mass is 331 g/mol. The quantitative estimate of drug-likeness (QED) is 0.563. The number of rotatable bonds is 8. The van der Waals surface area contributed by atoms with E-state index in [-0.39, 0.29) is 12.1 Å². The Morgan fingerprint density at radius 1 is 1.33 bits per heavy atom. The van der Waals surface area contributed by atoms with E-state index < -0.39 is 0 Å². The highest BCUT2D eigenvalue weighted by atomic mass is 79.9. The number of nitrogens with one attached hydrogen (secondary N) is 1. The fourth-order valence-electron chi connectivity index (χ4n) is 1.64. The number of aliphatic hydroxyl groups excluding tert-OH is 1. The minimum atomic E-state index is -0.127. The average molecular weight is 332 g/mol. The Hall–Kier alpha value is -0.0300. The Bertz CT molecular complexity index is 355. The van der Waals surface area contributed by atoms with Crippen molar-refractivity contribution in [3.8, 4) is 0 Å². The standard InChI is InChI=1S/C14H22BrNOS/c1-14(11-17,16-2)9-5-6-10-18-13-8-4-3-7-12(13)15/h3-4,7-8,16-17H,5-6,9-11H2,1-2H3. The first-order valence-corrected chi connectivity index (χ1v) is 8.06. The van der Waals surface area contributed by atoms with E-state index in [9.17, 15) is 5.11 Å². The average Bonchev–Trinajstić information content (AvgIpc) is 2.40. The summed E-state index contributed by atoms with van der Waals surface area (Å²) in [4.78, 5) is 1.30. The fraction of sp³-hybridized carbons (Fsp3) is 0.571. The third-order valence-corrected chi connectivity index (χ3v) is 5.28. The van der Waals surface area contributed by atoms with Gasteiger partial charge in [-0.25, -0.2) is 0 Å². The zero-order valence-electron chi connectivity index (χ0n) is 11.1. The zero-order chi connectivity index (χ0) is 13.4. The molecular weight excluding hydrogens is 310 g/mol. The second-order valence-electron chi connectivity index (χ2n) is 4.70. The Balaban J connectivity index is 2.22. The summed E-state index contributed by atoms with van der Waals surface area (Å²) < 4.78 is 1.17. The van der Waals surface area contributed by atoms with Crippen LogP contribution in [0.2, 0.25) is 0 Å². The van der Waals surface area contributed by atoms with Gasteiger partial charge in [0.15, 0.2) is 0 Å². The zero-order valence-corrected chi connectivity index (χ0v) is 13.5. The van der Waals surface area contributed by atoms with Crippen LogP contribution in [0.3, 0.4) is 0 Å². The Kier molecular flexibility index (Phi) is 7.30. The van der Waals surface area contributed by atoms with Crippen LogP contribution >= 0.6 is 27.7 Å². The van der Waals surface area contributed by atoms with E-state index in [1.807, 2.05) is 24.9 Å². The maximum absolute atomic E-state index is 9.28. The molecule has 0 aromatic heterocycles. The van der Waals surface area contributed by atoms with E-state index in [1.165, 1.54) is 15.8 Å². The van der Waals surface area contributed by atoms with Crippen LogP contribution in [0, 0.1) is 0 Å². The summed E-state index contributed by atoms with van der Waals surface area (Å²) in [6.45, 7) is 2.26. The molecule has 102 valence electrons. The lowest BCUT2D eigenvalue weighted by Gasteiger charge is -2.26. The number of hydrogen-bond donors (Lipinski definition) is 2. The molecule has 1 aromatic carbocycles. The normalized spacial score (nSPS) is 14.4. The Morgan fingerprint density at radius 3 is 2.67 bits per heavy atom. The summed E-state index contributed by atoms with van der Waals surface area (Å²) in [5.41, 5.74) is -0.127. The Labute approximate surface area is 123 Å². The first-order chi connectivity index (χ1) is 8.61. The number of likely N-dealkylation sites (N-methyl/N-ethyl adjacent to an activating group) is 1. The molecule has 0 spiro atoms. The summed E-state index contributed by atoms with van der Waals surface area (Å²) in [6, 6.07) is 8.32. The van der Waals surface area contributed by atoms with Crippen molar-refractivity contribution >= 4 is 27.7 Å². The molecule has 0 fully saturated rings. The largest absolute Gasteiger partial charge is 0.394 e. The van der Waals surface area contributed by atoms with Crippen LogP contribution in [0.4, 0.5) is 0 Å². The maximum atomic E-state index is 9.28. The van der Waals surface area contributed by atoms with Crippen molar-refractivity contribution in [2.45, 2.75) is 36.6 Å². The number of unbranched alkanes of at least 4 members (excludes halogenated alkanes) is 1. The van der Waals surface area contributed by atoms with Crippen molar-refractivity contribution in [1.29, 1.82) is 0 Å². The van der Waals surface area contributed by atoms with E-state index >= 15 is 0 Å². The highest BCUT2D eigenvalue weighted by Gasteiger charge is 2.19. The SMILES string of the molecule is CNC(C)(CO)CCCCSc1ccccc1Br. The highest BCUT2D eigenvalue weighted by Crippen LogP contribution is 2.28. The third kappa shape index (κ3) is 5.31. The van der Waals surface area contributed by atoms with Gasteiger partial charge in [-0.3, -0.25) is 0 Å². The molecular formula is C14H22BrNOS. The number of benzene rings is 1. The van der Waals surface area contributed by atoms with E-state index in [0.29, 0.717) is 0 Å². The van der Waals surface area contributed by atoms with Crippen LogP contribution in [0.1, 0.15) is 26.2 Å². The molecule has 0 amide bonds. The summed E-state index contributed by atoms with van der Waals surface area (Å²) in [5.74, 6) is 1.12. The predicted molar refractivity (Wildman–Crippen MR) is 83.3 cm³/mol. The van der Waals surface area contributed by atoms with Crippen LogP contribution in [0.25, 0.3) is 0 Å². The molecule has 1 aromatic rings. The van der Waals surface area contributed by atoms with Crippen LogP contribution in [0.5, 0.6) is 0 Å². The number of halogens is 1. The molecule has 1 rings (SSSR count). The summed E-state index contributed by atoms with van der Waals surface area (Å²) >= 11 is 5.44.